The third-order valence-corrected chi connectivity index (χ3v) is 7.85. The van der Waals surface area contributed by atoms with E-state index < -0.39 is 34.2 Å². The van der Waals surface area contributed by atoms with E-state index in [9.17, 15) is 27.6 Å². The summed E-state index contributed by atoms with van der Waals surface area (Å²) in [6, 6.07) is -0.302. The minimum atomic E-state index is -4.84. The molecule has 0 aliphatic heterocycles. The third kappa shape index (κ3) is 4.09. The number of nitrogens with zero attached hydrogens (tertiary/aromatic N) is 2. The van der Waals surface area contributed by atoms with Crippen molar-refractivity contribution in [1.29, 1.82) is 0 Å². The monoisotopic (exact) mass is 481 g/mol. The van der Waals surface area contributed by atoms with Crippen LogP contribution in [0.1, 0.15) is 62.0 Å². The molecule has 1 aromatic heterocycles. The van der Waals surface area contributed by atoms with Crippen LogP contribution in [0.5, 0.6) is 0 Å². The number of nitrogens with two attached hydrogens (primary N) is 1. The van der Waals surface area contributed by atoms with Gasteiger partial charge in [0.1, 0.15) is 0 Å². The zero-order chi connectivity index (χ0) is 25.1. The molecule has 0 radical (unpaired) electrons. The molecule has 0 saturated heterocycles. The molecular formula is C23H30F3N5O3. The molecule has 1 aromatic rings. The van der Waals surface area contributed by atoms with Crippen LogP contribution >= 0.6 is 0 Å². The summed E-state index contributed by atoms with van der Waals surface area (Å²) in [6.45, 7) is 3.11. The molecule has 0 spiro atoms. The van der Waals surface area contributed by atoms with Crippen molar-refractivity contribution in [2.75, 3.05) is 7.05 Å². The summed E-state index contributed by atoms with van der Waals surface area (Å²) in [4.78, 5) is 37.1. The van der Waals surface area contributed by atoms with Gasteiger partial charge in [-0.05, 0) is 63.7 Å². The average molecular weight is 482 g/mol. The summed E-state index contributed by atoms with van der Waals surface area (Å²) in [6.07, 6.45) is 1.95. The molecule has 4 bridgehead atoms. The van der Waals surface area contributed by atoms with E-state index in [0.717, 1.165) is 31.7 Å². The van der Waals surface area contributed by atoms with E-state index in [1.165, 1.54) is 13.1 Å². The van der Waals surface area contributed by atoms with Crippen LogP contribution in [0.3, 0.4) is 0 Å². The molecule has 2 atom stereocenters. The van der Waals surface area contributed by atoms with Gasteiger partial charge in [0, 0.05) is 24.7 Å². The number of aromatic nitrogens is 2. The lowest BCUT2D eigenvalue weighted by Gasteiger charge is -2.58. The van der Waals surface area contributed by atoms with Gasteiger partial charge in [-0.15, -0.1) is 0 Å². The highest BCUT2D eigenvalue weighted by atomic mass is 19.4. The van der Waals surface area contributed by atoms with Crippen LogP contribution in [0.15, 0.2) is 12.3 Å². The van der Waals surface area contributed by atoms with Crippen LogP contribution in [0.25, 0.3) is 6.20 Å². The maximum atomic E-state index is 13.9. The number of amides is 3. The van der Waals surface area contributed by atoms with Crippen molar-refractivity contribution in [2.24, 2.45) is 34.3 Å². The normalized spacial score (nSPS) is 30.5. The molecule has 1 heterocycles. The molecule has 0 aromatic carbocycles. The van der Waals surface area contributed by atoms with Gasteiger partial charge in [0.05, 0.1) is 17.2 Å². The van der Waals surface area contributed by atoms with Crippen molar-refractivity contribution in [1.82, 2.24) is 20.4 Å². The highest BCUT2D eigenvalue weighted by molar-refractivity contribution is 5.96. The fourth-order valence-electron chi connectivity index (χ4n) is 6.37. The van der Waals surface area contributed by atoms with Gasteiger partial charge in [0.25, 0.3) is 5.91 Å². The molecule has 3 amide bonds. The van der Waals surface area contributed by atoms with E-state index in [0.29, 0.717) is 23.4 Å². The van der Waals surface area contributed by atoms with Gasteiger partial charge in [0.2, 0.25) is 11.8 Å². The Balaban J connectivity index is 1.58. The van der Waals surface area contributed by atoms with Crippen LogP contribution in [-0.4, -0.2) is 40.6 Å². The molecule has 34 heavy (non-hydrogen) atoms. The second kappa shape index (κ2) is 8.13. The number of carbonyl (C=O) groups is 3. The number of carbonyl (C=O) groups excluding carboxylic acids is 3. The molecule has 4 aliphatic carbocycles. The summed E-state index contributed by atoms with van der Waals surface area (Å²) in [7, 11) is 1.44. The molecular weight excluding hydrogens is 451 g/mol. The van der Waals surface area contributed by atoms with Gasteiger partial charge in [-0.3, -0.25) is 14.4 Å². The molecule has 11 heteroatoms. The maximum Gasteiger partial charge on any atom is 0.434 e. The predicted octanol–water partition coefficient (Wildman–Crippen LogP) is 2.55. The summed E-state index contributed by atoms with van der Waals surface area (Å²) < 4.78 is 42.4. The number of halogens is 3. The SMILES string of the molecule is CNC(=O)C(C)(C)/C=C/n1ncc(C(=O)NC2C3CC4CC2CC(C(N)=O)(C4)C3)c1C(F)(F)F. The van der Waals surface area contributed by atoms with E-state index in [1.54, 1.807) is 13.8 Å². The number of alkyl halides is 3. The standard InChI is InChI=1S/C23H30F3N5O3/c1-21(2,20(34)28-3)4-5-31-17(23(24,25)26)15(11-29-31)18(32)30-16-13-6-12-7-14(16)10-22(8-12,9-13)19(27)33/h4-5,11-14,16H,6-10H2,1-3H3,(H2,27,33)(H,28,34)(H,30,32)/b5-4+. The average Bonchev–Trinajstić information content (AvgIpc) is 3.18. The Morgan fingerprint density at radius 1 is 1.18 bits per heavy atom. The maximum absolute atomic E-state index is 13.9. The molecule has 4 fully saturated rings. The van der Waals surface area contributed by atoms with Crippen LogP contribution in [0.4, 0.5) is 13.2 Å². The van der Waals surface area contributed by atoms with Crippen molar-refractivity contribution >= 4 is 23.9 Å². The Morgan fingerprint density at radius 3 is 2.32 bits per heavy atom. The zero-order valence-electron chi connectivity index (χ0n) is 19.4. The largest absolute Gasteiger partial charge is 0.434 e. The minimum absolute atomic E-state index is 0.0142. The van der Waals surface area contributed by atoms with E-state index >= 15 is 0 Å². The van der Waals surface area contributed by atoms with Gasteiger partial charge >= 0.3 is 6.18 Å². The Bertz CT molecular complexity index is 1030. The van der Waals surface area contributed by atoms with E-state index in [2.05, 4.69) is 15.7 Å². The summed E-state index contributed by atoms with van der Waals surface area (Å²) in [5.41, 5.74) is 2.28. The quantitative estimate of drug-likeness (QED) is 0.579. The third-order valence-electron chi connectivity index (χ3n) is 7.85. The van der Waals surface area contributed by atoms with E-state index in [-0.39, 0.29) is 29.7 Å². The molecule has 4 saturated carbocycles. The highest BCUT2D eigenvalue weighted by Gasteiger charge is 2.58. The van der Waals surface area contributed by atoms with Gasteiger partial charge < -0.3 is 16.4 Å². The first-order valence-electron chi connectivity index (χ1n) is 11.4. The lowest BCUT2D eigenvalue weighted by atomic mass is 9.47. The minimum Gasteiger partial charge on any atom is -0.369 e. The molecule has 2 unspecified atom stereocenters. The first kappa shape index (κ1) is 24.3. The van der Waals surface area contributed by atoms with Crippen LogP contribution in [0, 0.1) is 28.6 Å². The van der Waals surface area contributed by atoms with Crippen molar-refractivity contribution in [3.8, 4) is 0 Å². The number of nitrogens with one attached hydrogen (secondary N) is 2. The first-order chi connectivity index (χ1) is 15.8. The van der Waals surface area contributed by atoms with Crippen molar-refractivity contribution in [3.05, 3.63) is 23.5 Å². The second-order valence-electron chi connectivity index (χ2n) is 10.6. The van der Waals surface area contributed by atoms with Crippen LogP contribution < -0.4 is 16.4 Å². The molecule has 4 aliphatic rings. The van der Waals surface area contributed by atoms with Crippen molar-refractivity contribution in [2.45, 2.75) is 58.2 Å². The van der Waals surface area contributed by atoms with Crippen molar-refractivity contribution in [3.63, 3.8) is 0 Å². The summed E-state index contributed by atoms with van der Waals surface area (Å²) in [5, 5.41) is 9.05. The topological polar surface area (TPSA) is 119 Å². The zero-order valence-corrected chi connectivity index (χ0v) is 19.4. The van der Waals surface area contributed by atoms with Crippen molar-refractivity contribution < 1.29 is 27.6 Å². The smallest absolute Gasteiger partial charge is 0.369 e. The van der Waals surface area contributed by atoms with Crippen LogP contribution in [0.2, 0.25) is 0 Å². The lowest BCUT2D eigenvalue weighted by molar-refractivity contribution is -0.145. The fraction of sp³-hybridized carbons (Fsp3) is 0.652. The fourth-order valence-corrected chi connectivity index (χ4v) is 6.37. The number of hydrogen-bond acceptors (Lipinski definition) is 4. The predicted molar refractivity (Wildman–Crippen MR) is 117 cm³/mol. The number of hydrogen-bond donors (Lipinski definition) is 3. The van der Waals surface area contributed by atoms with Gasteiger partial charge in [-0.25, -0.2) is 4.68 Å². The van der Waals surface area contributed by atoms with E-state index in [4.69, 9.17) is 5.73 Å². The first-order valence-corrected chi connectivity index (χ1v) is 11.4. The number of rotatable bonds is 6. The van der Waals surface area contributed by atoms with E-state index in [1.807, 2.05) is 0 Å². The van der Waals surface area contributed by atoms with Crippen LogP contribution in [-0.2, 0) is 15.8 Å². The molecule has 5 rings (SSSR count). The highest BCUT2D eigenvalue weighted by Crippen LogP contribution is 2.60. The van der Waals surface area contributed by atoms with Gasteiger partial charge in [-0.2, -0.15) is 18.3 Å². The molecule has 186 valence electrons. The molecule has 8 nitrogen and oxygen atoms in total. The Kier molecular flexibility index (Phi) is 5.80. The summed E-state index contributed by atoms with van der Waals surface area (Å²) >= 11 is 0. The Labute approximate surface area is 195 Å². The molecule has 4 N–H and O–H groups in total. The summed E-state index contributed by atoms with van der Waals surface area (Å²) in [5.74, 6) is -1.15. The van der Waals surface area contributed by atoms with Gasteiger partial charge in [-0.1, -0.05) is 6.08 Å². The Hall–Kier alpha value is -2.85. The lowest BCUT2D eigenvalue weighted by Crippen LogP contribution is -2.62. The number of primary amides is 1. The van der Waals surface area contributed by atoms with Gasteiger partial charge in [0.15, 0.2) is 5.69 Å². The second-order valence-corrected chi connectivity index (χ2v) is 10.6. The Morgan fingerprint density at radius 2 is 1.79 bits per heavy atom.